The van der Waals surface area contributed by atoms with Gasteiger partial charge in [0.2, 0.25) is 0 Å². The Bertz CT molecular complexity index is 219. The van der Waals surface area contributed by atoms with E-state index in [-0.39, 0.29) is 25.7 Å². The summed E-state index contributed by atoms with van der Waals surface area (Å²) in [5.74, 6) is -0.958. The zero-order valence-electron chi connectivity index (χ0n) is 9.69. The normalized spacial score (nSPS) is 11.9. The van der Waals surface area contributed by atoms with Gasteiger partial charge in [0.15, 0.2) is 0 Å². The van der Waals surface area contributed by atoms with E-state index < -0.39 is 12.1 Å². The number of amides is 1. The fraction of sp³-hybridized carbons (Fsp3) is 0.800. The molecule has 0 fully saturated rings. The van der Waals surface area contributed by atoms with E-state index in [0.717, 1.165) is 6.42 Å². The Morgan fingerprint density at radius 3 is 2.62 bits per heavy atom. The van der Waals surface area contributed by atoms with Gasteiger partial charge in [0.1, 0.15) is 6.61 Å². The van der Waals surface area contributed by atoms with Crippen molar-refractivity contribution >= 4 is 12.1 Å². The lowest BCUT2D eigenvalue weighted by Gasteiger charge is -2.10. The number of nitrogens with one attached hydrogen (secondary N) is 1. The number of ether oxygens (including phenoxy) is 2. The summed E-state index contributed by atoms with van der Waals surface area (Å²) in [6.45, 7) is 4.53. The molecule has 0 saturated heterocycles. The smallest absolute Gasteiger partial charge is 0.407 e. The predicted octanol–water partition coefficient (Wildman–Crippen LogP) is 1.00. The zero-order valence-corrected chi connectivity index (χ0v) is 9.69. The maximum atomic E-state index is 11.0. The SMILES string of the molecule is CCC(C)OCCOC(=O)NCCC(=O)O. The molecule has 0 heterocycles. The molecule has 0 spiro atoms. The maximum Gasteiger partial charge on any atom is 0.407 e. The van der Waals surface area contributed by atoms with E-state index in [1.807, 2.05) is 13.8 Å². The van der Waals surface area contributed by atoms with Gasteiger partial charge in [-0.2, -0.15) is 0 Å². The largest absolute Gasteiger partial charge is 0.481 e. The molecular formula is C10H19NO5. The molecule has 0 rings (SSSR count). The number of carbonyl (C=O) groups excluding carboxylic acids is 1. The van der Waals surface area contributed by atoms with Gasteiger partial charge >= 0.3 is 12.1 Å². The average molecular weight is 233 g/mol. The van der Waals surface area contributed by atoms with Crippen LogP contribution in [0, 0.1) is 0 Å². The second-order valence-corrected chi connectivity index (χ2v) is 3.30. The van der Waals surface area contributed by atoms with Gasteiger partial charge in [0, 0.05) is 6.54 Å². The Morgan fingerprint density at radius 2 is 2.06 bits per heavy atom. The van der Waals surface area contributed by atoms with Crippen LogP contribution in [0.5, 0.6) is 0 Å². The van der Waals surface area contributed by atoms with Crippen LogP contribution in [0.15, 0.2) is 0 Å². The molecule has 0 aromatic heterocycles. The van der Waals surface area contributed by atoms with Crippen molar-refractivity contribution in [2.75, 3.05) is 19.8 Å². The van der Waals surface area contributed by atoms with E-state index in [1.165, 1.54) is 0 Å². The minimum atomic E-state index is -0.958. The summed E-state index contributed by atoms with van der Waals surface area (Å²) in [6, 6.07) is 0. The monoisotopic (exact) mass is 233 g/mol. The van der Waals surface area contributed by atoms with Gasteiger partial charge in [-0.3, -0.25) is 4.79 Å². The number of carboxylic acids is 1. The number of carbonyl (C=O) groups is 2. The topological polar surface area (TPSA) is 84.9 Å². The first-order chi connectivity index (χ1) is 7.56. The molecular weight excluding hydrogens is 214 g/mol. The van der Waals surface area contributed by atoms with Crippen molar-refractivity contribution in [1.29, 1.82) is 0 Å². The first-order valence-electron chi connectivity index (χ1n) is 5.30. The summed E-state index contributed by atoms with van der Waals surface area (Å²) in [5, 5.41) is 10.6. The van der Waals surface area contributed by atoms with E-state index in [1.54, 1.807) is 0 Å². The highest BCUT2D eigenvalue weighted by molar-refractivity contribution is 5.70. The van der Waals surface area contributed by atoms with E-state index in [9.17, 15) is 9.59 Å². The minimum Gasteiger partial charge on any atom is -0.481 e. The highest BCUT2D eigenvalue weighted by atomic mass is 16.6. The van der Waals surface area contributed by atoms with Crippen LogP contribution in [0.2, 0.25) is 0 Å². The van der Waals surface area contributed by atoms with Crippen LogP contribution in [-0.2, 0) is 14.3 Å². The van der Waals surface area contributed by atoms with Crippen molar-refractivity contribution in [3.8, 4) is 0 Å². The first-order valence-corrected chi connectivity index (χ1v) is 5.30. The van der Waals surface area contributed by atoms with Gasteiger partial charge in [-0.1, -0.05) is 6.92 Å². The fourth-order valence-electron chi connectivity index (χ4n) is 0.824. The molecule has 6 nitrogen and oxygen atoms in total. The quantitative estimate of drug-likeness (QED) is 0.611. The Kier molecular flexibility index (Phi) is 8.24. The van der Waals surface area contributed by atoms with Crippen molar-refractivity contribution in [1.82, 2.24) is 5.32 Å². The lowest BCUT2D eigenvalue weighted by molar-refractivity contribution is -0.136. The van der Waals surface area contributed by atoms with Crippen molar-refractivity contribution in [3.05, 3.63) is 0 Å². The number of hydrogen-bond acceptors (Lipinski definition) is 4. The van der Waals surface area contributed by atoms with Crippen molar-refractivity contribution in [2.45, 2.75) is 32.8 Å². The second-order valence-electron chi connectivity index (χ2n) is 3.30. The molecule has 0 aromatic rings. The number of hydrogen-bond donors (Lipinski definition) is 2. The molecule has 1 atom stereocenters. The molecule has 0 aromatic carbocycles. The van der Waals surface area contributed by atoms with Crippen molar-refractivity contribution < 1.29 is 24.2 Å². The summed E-state index contributed by atoms with van der Waals surface area (Å²) < 4.78 is 10.0. The summed E-state index contributed by atoms with van der Waals surface area (Å²) in [4.78, 5) is 21.1. The molecule has 0 bridgehead atoms. The standard InChI is InChI=1S/C10H19NO5/c1-3-8(2)15-6-7-16-10(14)11-5-4-9(12)13/h8H,3-7H2,1-2H3,(H,11,14)(H,12,13). The highest BCUT2D eigenvalue weighted by Gasteiger charge is 2.03. The van der Waals surface area contributed by atoms with Crippen LogP contribution >= 0.6 is 0 Å². The van der Waals surface area contributed by atoms with Crippen LogP contribution in [0.25, 0.3) is 0 Å². The molecule has 0 aliphatic rings. The predicted molar refractivity (Wildman–Crippen MR) is 57.3 cm³/mol. The minimum absolute atomic E-state index is 0.0698. The zero-order chi connectivity index (χ0) is 12.4. The molecule has 16 heavy (non-hydrogen) atoms. The van der Waals surface area contributed by atoms with Crippen LogP contribution in [0.3, 0.4) is 0 Å². The van der Waals surface area contributed by atoms with E-state index in [0.29, 0.717) is 6.61 Å². The summed E-state index contributed by atoms with van der Waals surface area (Å²) >= 11 is 0. The van der Waals surface area contributed by atoms with Crippen LogP contribution in [-0.4, -0.2) is 43.0 Å². The van der Waals surface area contributed by atoms with Crippen LogP contribution < -0.4 is 5.32 Å². The molecule has 1 amide bonds. The van der Waals surface area contributed by atoms with Gasteiger partial charge in [0.25, 0.3) is 0 Å². The Labute approximate surface area is 94.9 Å². The van der Waals surface area contributed by atoms with Gasteiger partial charge in [-0.05, 0) is 13.3 Å². The Morgan fingerprint density at radius 1 is 1.38 bits per heavy atom. The Balaban J connectivity index is 3.33. The highest BCUT2D eigenvalue weighted by Crippen LogP contribution is 1.94. The lowest BCUT2D eigenvalue weighted by atomic mass is 10.3. The first kappa shape index (κ1) is 14.7. The van der Waals surface area contributed by atoms with E-state index in [4.69, 9.17) is 14.6 Å². The van der Waals surface area contributed by atoms with Crippen LogP contribution in [0.4, 0.5) is 4.79 Å². The molecule has 0 radical (unpaired) electrons. The second kappa shape index (κ2) is 8.96. The summed E-state index contributed by atoms with van der Waals surface area (Å²) in [6.07, 6.45) is 0.330. The number of carboxylic acid groups (broad SMARTS) is 1. The van der Waals surface area contributed by atoms with Gasteiger partial charge in [-0.15, -0.1) is 0 Å². The molecule has 1 unspecified atom stereocenters. The van der Waals surface area contributed by atoms with Gasteiger partial charge < -0.3 is 19.9 Å². The third kappa shape index (κ3) is 9.26. The maximum absolute atomic E-state index is 11.0. The molecule has 94 valence electrons. The number of aliphatic carboxylic acids is 1. The summed E-state index contributed by atoms with van der Waals surface area (Å²) in [7, 11) is 0. The lowest BCUT2D eigenvalue weighted by Crippen LogP contribution is -2.28. The van der Waals surface area contributed by atoms with Gasteiger partial charge in [0.05, 0.1) is 19.1 Å². The Hall–Kier alpha value is -1.30. The van der Waals surface area contributed by atoms with Crippen LogP contribution in [0.1, 0.15) is 26.7 Å². The third-order valence-corrected chi connectivity index (χ3v) is 1.90. The average Bonchev–Trinajstić information content (AvgIpc) is 2.23. The molecule has 2 N–H and O–H groups in total. The van der Waals surface area contributed by atoms with Crippen molar-refractivity contribution in [2.24, 2.45) is 0 Å². The third-order valence-electron chi connectivity index (χ3n) is 1.90. The van der Waals surface area contributed by atoms with Crippen molar-refractivity contribution in [3.63, 3.8) is 0 Å². The molecule has 0 saturated carbocycles. The number of alkyl carbamates (subject to hydrolysis) is 1. The number of rotatable bonds is 8. The van der Waals surface area contributed by atoms with Gasteiger partial charge in [-0.25, -0.2) is 4.79 Å². The molecule has 0 aliphatic carbocycles. The molecule has 0 aliphatic heterocycles. The van der Waals surface area contributed by atoms with E-state index in [2.05, 4.69) is 5.32 Å². The fourth-order valence-corrected chi connectivity index (χ4v) is 0.824. The summed E-state index contributed by atoms with van der Waals surface area (Å²) in [5.41, 5.74) is 0. The molecule has 6 heteroatoms. The van der Waals surface area contributed by atoms with E-state index >= 15 is 0 Å².